The Kier molecular flexibility index (Phi) is 5.91. The summed E-state index contributed by atoms with van der Waals surface area (Å²) in [7, 11) is 1.63. The molecule has 0 radical (unpaired) electrons. The van der Waals surface area contributed by atoms with Crippen molar-refractivity contribution >= 4 is 11.8 Å². The second-order valence-corrected chi connectivity index (χ2v) is 5.36. The van der Waals surface area contributed by atoms with Gasteiger partial charge in [0.05, 0.1) is 19.3 Å². The molecule has 1 saturated heterocycles. The minimum absolute atomic E-state index is 0.123. The first-order valence-corrected chi connectivity index (χ1v) is 7.37. The van der Waals surface area contributed by atoms with E-state index in [1.54, 1.807) is 7.11 Å². The van der Waals surface area contributed by atoms with E-state index in [4.69, 9.17) is 15.2 Å². The summed E-state index contributed by atoms with van der Waals surface area (Å²) in [5, 5.41) is 0. The van der Waals surface area contributed by atoms with E-state index >= 15 is 0 Å². The first kappa shape index (κ1) is 16.5. The number of likely N-dealkylation sites (tertiary alicyclic amines) is 1. The summed E-state index contributed by atoms with van der Waals surface area (Å²) in [5.74, 6) is -1.38. The van der Waals surface area contributed by atoms with Crippen molar-refractivity contribution in [2.24, 2.45) is 11.7 Å². The van der Waals surface area contributed by atoms with Crippen molar-refractivity contribution in [1.29, 1.82) is 0 Å². The summed E-state index contributed by atoms with van der Waals surface area (Å²) < 4.78 is 11.0. The maximum absolute atomic E-state index is 11.7. The van der Waals surface area contributed by atoms with Crippen LogP contribution >= 0.6 is 0 Å². The van der Waals surface area contributed by atoms with E-state index in [0.717, 1.165) is 12.0 Å². The Morgan fingerprint density at radius 3 is 2.68 bits per heavy atom. The molecule has 2 atom stereocenters. The van der Waals surface area contributed by atoms with Crippen LogP contribution in [-0.2, 0) is 19.1 Å². The van der Waals surface area contributed by atoms with Crippen molar-refractivity contribution in [3.63, 3.8) is 0 Å². The fourth-order valence-electron chi connectivity index (χ4n) is 2.78. The predicted octanol–water partition coefficient (Wildman–Crippen LogP) is 0.725. The molecule has 0 spiro atoms. The lowest BCUT2D eigenvalue weighted by Crippen LogP contribution is -2.39. The molecule has 120 valence electrons. The molecule has 2 amide bonds. The molecule has 6 nitrogen and oxygen atoms in total. The van der Waals surface area contributed by atoms with Crippen LogP contribution in [0, 0.1) is 5.92 Å². The molecule has 0 aliphatic carbocycles. The largest absolute Gasteiger partial charge is 0.382 e. The normalized spacial score (nSPS) is 19.1. The molecular weight excluding hydrogens is 284 g/mol. The Hall–Kier alpha value is -1.92. The quantitative estimate of drug-likeness (QED) is 0.620. The van der Waals surface area contributed by atoms with Gasteiger partial charge in [0.15, 0.2) is 0 Å². The van der Waals surface area contributed by atoms with Crippen molar-refractivity contribution in [2.75, 3.05) is 33.4 Å². The van der Waals surface area contributed by atoms with E-state index < -0.39 is 11.8 Å². The summed E-state index contributed by atoms with van der Waals surface area (Å²) >= 11 is 0. The summed E-state index contributed by atoms with van der Waals surface area (Å²) in [6, 6.07) is 9.89. The number of carbonyl (C=O) groups is 2. The highest BCUT2D eigenvalue weighted by molar-refractivity contribution is 6.34. The Labute approximate surface area is 130 Å². The maximum Gasteiger partial charge on any atom is 0.311 e. The zero-order valence-corrected chi connectivity index (χ0v) is 12.7. The Bertz CT molecular complexity index is 506. The summed E-state index contributed by atoms with van der Waals surface area (Å²) in [5.41, 5.74) is 6.14. The lowest BCUT2D eigenvalue weighted by atomic mass is 9.95. The number of hydrogen-bond donors (Lipinski definition) is 1. The number of primary amides is 1. The Balaban J connectivity index is 2.06. The molecule has 2 N–H and O–H groups in total. The third-order valence-electron chi connectivity index (χ3n) is 3.86. The molecule has 1 aliphatic rings. The third kappa shape index (κ3) is 4.05. The van der Waals surface area contributed by atoms with Crippen LogP contribution in [0.1, 0.15) is 18.1 Å². The van der Waals surface area contributed by atoms with Gasteiger partial charge >= 0.3 is 11.8 Å². The molecule has 6 heteroatoms. The second-order valence-electron chi connectivity index (χ2n) is 5.36. The van der Waals surface area contributed by atoms with Gasteiger partial charge in [-0.3, -0.25) is 9.59 Å². The summed E-state index contributed by atoms with van der Waals surface area (Å²) in [6.07, 6.45) is 0.660. The molecule has 1 heterocycles. The number of methoxy groups -OCH3 is 1. The third-order valence-corrected chi connectivity index (χ3v) is 3.86. The smallest absolute Gasteiger partial charge is 0.311 e. The number of ether oxygens (including phenoxy) is 2. The highest BCUT2D eigenvalue weighted by Crippen LogP contribution is 2.33. The van der Waals surface area contributed by atoms with Gasteiger partial charge in [-0.2, -0.15) is 0 Å². The average molecular weight is 306 g/mol. The SMILES string of the molecule is COCCO[C@@H](c1ccccc1)C1CCN(C(=O)C(N)=O)C1. The van der Waals surface area contributed by atoms with Crippen LogP contribution in [0.4, 0.5) is 0 Å². The highest BCUT2D eigenvalue weighted by Gasteiger charge is 2.34. The second kappa shape index (κ2) is 7.91. The fourth-order valence-corrected chi connectivity index (χ4v) is 2.78. The van der Waals surface area contributed by atoms with Crippen molar-refractivity contribution in [1.82, 2.24) is 4.90 Å². The molecule has 1 aliphatic heterocycles. The molecule has 1 aromatic rings. The minimum Gasteiger partial charge on any atom is -0.382 e. The zero-order valence-electron chi connectivity index (χ0n) is 12.7. The lowest BCUT2D eigenvalue weighted by molar-refractivity contribution is -0.143. The Morgan fingerprint density at radius 1 is 1.32 bits per heavy atom. The van der Waals surface area contributed by atoms with Gasteiger partial charge in [0.1, 0.15) is 0 Å². The van der Waals surface area contributed by atoms with E-state index in [-0.39, 0.29) is 12.0 Å². The fraction of sp³-hybridized carbons (Fsp3) is 0.500. The topological polar surface area (TPSA) is 81.9 Å². The van der Waals surface area contributed by atoms with Crippen molar-refractivity contribution in [3.8, 4) is 0 Å². The van der Waals surface area contributed by atoms with Crippen molar-refractivity contribution in [2.45, 2.75) is 12.5 Å². The van der Waals surface area contributed by atoms with Gasteiger partial charge in [-0.15, -0.1) is 0 Å². The van der Waals surface area contributed by atoms with Gasteiger partial charge < -0.3 is 20.1 Å². The van der Waals surface area contributed by atoms with Crippen LogP contribution in [0.3, 0.4) is 0 Å². The van der Waals surface area contributed by atoms with Gasteiger partial charge in [-0.1, -0.05) is 30.3 Å². The molecule has 0 aromatic heterocycles. The number of benzene rings is 1. The van der Waals surface area contributed by atoms with Crippen LogP contribution in [0.5, 0.6) is 0 Å². The molecule has 22 heavy (non-hydrogen) atoms. The van der Waals surface area contributed by atoms with E-state index in [1.807, 2.05) is 30.3 Å². The summed E-state index contributed by atoms with van der Waals surface area (Å²) in [6.45, 7) is 2.01. The lowest BCUT2D eigenvalue weighted by Gasteiger charge is -2.24. The van der Waals surface area contributed by atoms with E-state index in [0.29, 0.717) is 26.3 Å². The predicted molar refractivity (Wildman–Crippen MR) is 80.9 cm³/mol. The Morgan fingerprint density at radius 2 is 2.05 bits per heavy atom. The van der Waals surface area contributed by atoms with Gasteiger partial charge in [0.25, 0.3) is 0 Å². The molecule has 0 saturated carbocycles. The first-order valence-electron chi connectivity index (χ1n) is 7.37. The van der Waals surface area contributed by atoms with Gasteiger partial charge in [0.2, 0.25) is 0 Å². The standard InChI is InChI=1S/C16H22N2O4/c1-21-9-10-22-14(12-5-3-2-4-6-12)13-7-8-18(11-13)16(20)15(17)19/h2-6,13-14H,7-11H2,1H3,(H2,17,19)/t13?,14-/m0/s1. The van der Waals surface area contributed by atoms with Crippen LogP contribution < -0.4 is 5.73 Å². The molecular formula is C16H22N2O4. The molecule has 1 aromatic carbocycles. The van der Waals surface area contributed by atoms with E-state index in [9.17, 15) is 9.59 Å². The zero-order chi connectivity index (χ0) is 15.9. The highest BCUT2D eigenvalue weighted by atomic mass is 16.5. The maximum atomic E-state index is 11.7. The number of nitrogens with zero attached hydrogens (tertiary/aromatic N) is 1. The first-order chi connectivity index (χ1) is 10.6. The van der Waals surface area contributed by atoms with Crippen molar-refractivity contribution < 1.29 is 19.1 Å². The van der Waals surface area contributed by atoms with Crippen LogP contribution in [0.15, 0.2) is 30.3 Å². The molecule has 2 rings (SSSR count). The van der Waals surface area contributed by atoms with Crippen LogP contribution in [0.2, 0.25) is 0 Å². The van der Waals surface area contributed by atoms with Crippen LogP contribution in [-0.4, -0.2) is 50.1 Å². The van der Waals surface area contributed by atoms with Crippen LogP contribution in [0.25, 0.3) is 0 Å². The number of rotatable bonds is 6. The van der Waals surface area contributed by atoms with E-state index in [2.05, 4.69) is 0 Å². The van der Waals surface area contributed by atoms with Gasteiger partial charge in [0, 0.05) is 26.1 Å². The monoisotopic (exact) mass is 306 g/mol. The molecule has 0 bridgehead atoms. The number of nitrogens with two attached hydrogens (primary N) is 1. The number of carbonyl (C=O) groups excluding carboxylic acids is 2. The van der Waals surface area contributed by atoms with E-state index in [1.165, 1.54) is 4.90 Å². The number of hydrogen-bond acceptors (Lipinski definition) is 4. The summed E-state index contributed by atoms with van der Waals surface area (Å²) in [4.78, 5) is 24.2. The minimum atomic E-state index is -0.905. The van der Waals surface area contributed by atoms with Crippen molar-refractivity contribution in [3.05, 3.63) is 35.9 Å². The van der Waals surface area contributed by atoms with Gasteiger partial charge in [-0.05, 0) is 12.0 Å². The number of amides is 2. The average Bonchev–Trinajstić information content (AvgIpc) is 3.01. The van der Waals surface area contributed by atoms with Gasteiger partial charge in [-0.25, -0.2) is 0 Å². The molecule has 1 unspecified atom stereocenters. The molecule has 1 fully saturated rings.